The fourth-order valence-corrected chi connectivity index (χ4v) is 1.07. The fraction of sp³-hybridized carbons (Fsp3) is 0.700. The summed E-state index contributed by atoms with van der Waals surface area (Å²) in [7, 11) is 0. The number of rotatable bonds is 5. The molecule has 0 heterocycles. The van der Waals surface area contributed by atoms with Gasteiger partial charge in [-0.25, -0.2) is 4.79 Å². The highest BCUT2D eigenvalue weighted by molar-refractivity contribution is 5.82. The van der Waals surface area contributed by atoms with E-state index in [0.717, 1.165) is 0 Å². The van der Waals surface area contributed by atoms with Crippen molar-refractivity contribution in [3.8, 4) is 6.07 Å². The van der Waals surface area contributed by atoms with Crippen molar-refractivity contribution in [3.05, 3.63) is 0 Å². The zero-order chi connectivity index (χ0) is 12.7. The van der Waals surface area contributed by atoms with E-state index in [9.17, 15) is 9.59 Å². The maximum atomic E-state index is 11.6. The first-order chi connectivity index (χ1) is 7.42. The number of nitriles is 1. The smallest absolute Gasteiger partial charge is 0.325 e. The van der Waals surface area contributed by atoms with Crippen LogP contribution in [0.2, 0.25) is 0 Å². The van der Waals surface area contributed by atoms with Gasteiger partial charge in [-0.3, -0.25) is 4.79 Å². The van der Waals surface area contributed by atoms with Crippen LogP contribution in [0, 0.1) is 17.2 Å². The molecule has 1 unspecified atom stereocenters. The number of aliphatic carboxylic acids is 1. The normalized spacial score (nSPS) is 13.4. The summed E-state index contributed by atoms with van der Waals surface area (Å²) in [5.41, 5.74) is 0. The second-order valence-electron chi connectivity index (χ2n) is 3.58. The Bertz CT molecular complexity index is 298. The number of carboxylic acid groups (broad SMARTS) is 1. The molecule has 0 radical (unpaired) electrons. The molecular formula is C10H17N3O3. The fourth-order valence-electron chi connectivity index (χ4n) is 1.07. The van der Waals surface area contributed by atoms with Crippen molar-refractivity contribution in [3.63, 3.8) is 0 Å². The van der Waals surface area contributed by atoms with E-state index in [4.69, 9.17) is 10.4 Å². The Morgan fingerprint density at radius 3 is 2.44 bits per heavy atom. The molecule has 0 fully saturated rings. The van der Waals surface area contributed by atoms with Gasteiger partial charge in [0.05, 0.1) is 12.0 Å². The number of nitrogens with zero attached hydrogens (tertiary/aromatic N) is 2. The molecular weight excluding hydrogens is 210 g/mol. The maximum Gasteiger partial charge on any atom is 0.325 e. The molecule has 0 aliphatic heterocycles. The molecule has 0 saturated carbocycles. The molecule has 2 N–H and O–H groups in total. The Hall–Kier alpha value is -1.77. The molecule has 0 rings (SSSR count). The molecule has 0 aliphatic rings. The van der Waals surface area contributed by atoms with Gasteiger partial charge in [0.1, 0.15) is 6.04 Å². The minimum atomic E-state index is -1.09. The third-order valence-corrected chi connectivity index (χ3v) is 2.09. The lowest BCUT2D eigenvalue weighted by Crippen LogP contribution is -2.47. The quantitative estimate of drug-likeness (QED) is 0.721. The Morgan fingerprint density at radius 2 is 2.06 bits per heavy atom. The van der Waals surface area contributed by atoms with Crippen molar-refractivity contribution in [2.75, 3.05) is 13.1 Å². The SMILES string of the molecule is CCN(CC(C)C#N)C(=O)N[C@@H](C)C(=O)O. The van der Waals surface area contributed by atoms with Crippen LogP contribution in [-0.2, 0) is 4.79 Å². The summed E-state index contributed by atoms with van der Waals surface area (Å²) >= 11 is 0. The second kappa shape index (κ2) is 6.67. The van der Waals surface area contributed by atoms with Gasteiger partial charge in [0.25, 0.3) is 0 Å². The van der Waals surface area contributed by atoms with Crippen LogP contribution in [0.1, 0.15) is 20.8 Å². The Kier molecular flexibility index (Phi) is 5.93. The molecule has 2 atom stereocenters. The highest BCUT2D eigenvalue weighted by Gasteiger charge is 2.19. The number of carbonyl (C=O) groups is 2. The van der Waals surface area contributed by atoms with Gasteiger partial charge in [-0.05, 0) is 20.8 Å². The van der Waals surface area contributed by atoms with Crippen molar-refractivity contribution in [1.82, 2.24) is 10.2 Å². The van der Waals surface area contributed by atoms with Crippen LogP contribution >= 0.6 is 0 Å². The molecule has 0 spiro atoms. The van der Waals surface area contributed by atoms with Crippen LogP contribution in [0.4, 0.5) is 4.79 Å². The average Bonchev–Trinajstić information content (AvgIpc) is 2.24. The molecule has 6 nitrogen and oxygen atoms in total. The minimum absolute atomic E-state index is 0.272. The van der Waals surface area contributed by atoms with Gasteiger partial charge < -0.3 is 15.3 Å². The van der Waals surface area contributed by atoms with E-state index in [0.29, 0.717) is 13.1 Å². The van der Waals surface area contributed by atoms with Crippen molar-refractivity contribution in [2.24, 2.45) is 5.92 Å². The van der Waals surface area contributed by atoms with E-state index in [1.54, 1.807) is 13.8 Å². The maximum absolute atomic E-state index is 11.6. The lowest BCUT2D eigenvalue weighted by Gasteiger charge is -2.23. The van der Waals surface area contributed by atoms with Crippen molar-refractivity contribution in [2.45, 2.75) is 26.8 Å². The standard InChI is InChI=1S/C10H17N3O3/c1-4-13(6-7(2)5-11)10(16)12-8(3)9(14)15/h7-8H,4,6H2,1-3H3,(H,12,16)(H,14,15)/t7?,8-/m0/s1. The third kappa shape index (κ3) is 4.64. The summed E-state index contributed by atoms with van der Waals surface area (Å²) in [6, 6.07) is 0.632. The zero-order valence-electron chi connectivity index (χ0n) is 9.73. The monoisotopic (exact) mass is 227 g/mol. The van der Waals surface area contributed by atoms with Gasteiger partial charge in [0, 0.05) is 13.1 Å². The molecule has 0 aromatic carbocycles. The first kappa shape index (κ1) is 14.2. The second-order valence-corrected chi connectivity index (χ2v) is 3.58. The predicted molar refractivity (Wildman–Crippen MR) is 57.7 cm³/mol. The summed E-state index contributed by atoms with van der Waals surface area (Å²) in [6.45, 7) is 5.60. The van der Waals surface area contributed by atoms with Crippen LogP contribution in [-0.4, -0.2) is 41.1 Å². The molecule has 0 bridgehead atoms. The van der Waals surface area contributed by atoms with Gasteiger partial charge in [-0.1, -0.05) is 0 Å². The van der Waals surface area contributed by atoms with E-state index in [1.807, 2.05) is 6.07 Å². The van der Waals surface area contributed by atoms with Crippen LogP contribution in [0.25, 0.3) is 0 Å². The third-order valence-electron chi connectivity index (χ3n) is 2.09. The average molecular weight is 227 g/mol. The van der Waals surface area contributed by atoms with E-state index in [1.165, 1.54) is 11.8 Å². The molecule has 16 heavy (non-hydrogen) atoms. The number of hydrogen-bond acceptors (Lipinski definition) is 3. The summed E-state index contributed by atoms with van der Waals surface area (Å²) in [5.74, 6) is -1.36. The molecule has 0 aromatic heterocycles. The van der Waals surface area contributed by atoms with E-state index >= 15 is 0 Å². The number of amides is 2. The van der Waals surface area contributed by atoms with Crippen molar-refractivity contribution >= 4 is 12.0 Å². The van der Waals surface area contributed by atoms with Gasteiger partial charge >= 0.3 is 12.0 Å². The molecule has 6 heteroatoms. The lowest BCUT2D eigenvalue weighted by atomic mass is 10.2. The largest absolute Gasteiger partial charge is 0.480 e. The van der Waals surface area contributed by atoms with Gasteiger partial charge in [0.2, 0.25) is 0 Å². The van der Waals surface area contributed by atoms with Gasteiger partial charge in [0.15, 0.2) is 0 Å². The molecule has 0 aliphatic carbocycles. The Labute approximate surface area is 94.8 Å². The van der Waals surface area contributed by atoms with Crippen LogP contribution in [0.3, 0.4) is 0 Å². The molecule has 2 amide bonds. The van der Waals surface area contributed by atoms with Crippen LogP contribution < -0.4 is 5.32 Å². The number of carbonyl (C=O) groups excluding carboxylic acids is 1. The highest BCUT2D eigenvalue weighted by Crippen LogP contribution is 1.99. The van der Waals surface area contributed by atoms with E-state index in [-0.39, 0.29) is 5.92 Å². The first-order valence-corrected chi connectivity index (χ1v) is 5.10. The molecule has 0 saturated heterocycles. The number of nitrogens with one attached hydrogen (secondary N) is 1. The van der Waals surface area contributed by atoms with Crippen LogP contribution in [0.15, 0.2) is 0 Å². The van der Waals surface area contributed by atoms with Crippen molar-refractivity contribution in [1.29, 1.82) is 5.26 Å². The van der Waals surface area contributed by atoms with E-state index in [2.05, 4.69) is 5.32 Å². The molecule has 90 valence electrons. The minimum Gasteiger partial charge on any atom is -0.480 e. The topological polar surface area (TPSA) is 93.4 Å². The lowest BCUT2D eigenvalue weighted by molar-refractivity contribution is -0.138. The first-order valence-electron chi connectivity index (χ1n) is 5.10. The Balaban J connectivity index is 4.32. The summed E-state index contributed by atoms with van der Waals surface area (Å²) in [6.07, 6.45) is 0. The van der Waals surface area contributed by atoms with Gasteiger partial charge in [-0.15, -0.1) is 0 Å². The zero-order valence-corrected chi connectivity index (χ0v) is 9.73. The van der Waals surface area contributed by atoms with Crippen LogP contribution in [0.5, 0.6) is 0 Å². The highest BCUT2D eigenvalue weighted by atomic mass is 16.4. The number of carboxylic acids is 1. The van der Waals surface area contributed by atoms with Gasteiger partial charge in [-0.2, -0.15) is 5.26 Å². The molecule has 0 aromatic rings. The number of urea groups is 1. The summed E-state index contributed by atoms with van der Waals surface area (Å²) in [5, 5.41) is 19.6. The predicted octanol–water partition coefficient (Wildman–Crippen LogP) is 0.651. The number of hydrogen-bond donors (Lipinski definition) is 2. The van der Waals surface area contributed by atoms with Crippen molar-refractivity contribution < 1.29 is 14.7 Å². The summed E-state index contributed by atoms with van der Waals surface area (Å²) < 4.78 is 0. The Morgan fingerprint density at radius 1 is 1.50 bits per heavy atom. The van der Waals surface area contributed by atoms with E-state index < -0.39 is 18.0 Å². The summed E-state index contributed by atoms with van der Waals surface area (Å²) in [4.78, 5) is 23.5.